The Morgan fingerprint density at radius 2 is 2.50 bits per heavy atom. The summed E-state index contributed by atoms with van der Waals surface area (Å²) in [5, 5.41) is 3.29. The minimum atomic E-state index is 0.897. The molecule has 54 valence electrons. The summed E-state index contributed by atoms with van der Waals surface area (Å²) < 4.78 is 0.897. The van der Waals surface area contributed by atoms with Crippen LogP contribution < -0.4 is 5.32 Å². The van der Waals surface area contributed by atoms with Crippen LogP contribution in [0.1, 0.15) is 10.6 Å². The monoisotopic (exact) mass is 172 g/mol. The maximum absolute atomic E-state index is 4.29. The predicted octanol–water partition coefficient (Wildman–Crippen LogP) is 1.08. The lowest BCUT2D eigenvalue weighted by Crippen LogP contribution is -2.22. The summed E-state index contributed by atoms with van der Waals surface area (Å²) in [5.74, 6) is 0. The summed E-state index contributed by atoms with van der Waals surface area (Å²) >= 11 is 5.87. The molecule has 0 saturated carbocycles. The van der Waals surface area contributed by atoms with Gasteiger partial charge in [-0.15, -0.1) is 24.0 Å². The molecule has 1 aliphatic heterocycles. The van der Waals surface area contributed by atoms with Gasteiger partial charge in [-0.05, 0) is 0 Å². The molecule has 2 nitrogen and oxygen atoms in total. The van der Waals surface area contributed by atoms with Crippen LogP contribution in [-0.4, -0.2) is 11.5 Å². The number of nitrogens with zero attached hydrogens (tertiary/aromatic N) is 1. The molecule has 2 heterocycles. The van der Waals surface area contributed by atoms with E-state index in [1.54, 1.807) is 11.3 Å². The van der Waals surface area contributed by atoms with E-state index in [-0.39, 0.29) is 0 Å². The maximum Gasteiger partial charge on any atom is 0.147 e. The Kier molecular flexibility index (Phi) is 1.68. The van der Waals surface area contributed by atoms with E-state index in [2.05, 4.69) is 22.9 Å². The van der Waals surface area contributed by atoms with Crippen LogP contribution in [0.5, 0.6) is 0 Å². The van der Waals surface area contributed by atoms with E-state index in [1.807, 2.05) is 0 Å². The Morgan fingerprint density at radius 1 is 1.60 bits per heavy atom. The molecule has 0 fully saturated rings. The number of thiazole rings is 1. The van der Waals surface area contributed by atoms with Crippen molar-refractivity contribution in [2.75, 3.05) is 6.54 Å². The topological polar surface area (TPSA) is 24.9 Å². The summed E-state index contributed by atoms with van der Waals surface area (Å²) in [5.41, 5.74) is 1.24. The molecule has 0 spiro atoms. The van der Waals surface area contributed by atoms with Crippen LogP contribution >= 0.6 is 24.0 Å². The lowest BCUT2D eigenvalue weighted by molar-refractivity contribution is 0.642. The van der Waals surface area contributed by atoms with Gasteiger partial charge in [0.2, 0.25) is 0 Å². The highest BCUT2D eigenvalue weighted by molar-refractivity contribution is 7.82. The smallest absolute Gasteiger partial charge is 0.147 e. The SMILES string of the molecule is Sc1nc2c(s1)CNCC2. The fraction of sp³-hybridized carbons (Fsp3) is 0.500. The minimum absolute atomic E-state index is 0.897. The molecule has 10 heavy (non-hydrogen) atoms. The fourth-order valence-electron chi connectivity index (χ4n) is 1.11. The summed E-state index contributed by atoms with van der Waals surface area (Å²) in [6.07, 6.45) is 1.06. The lowest BCUT2D eigenvalue weighted by atomic mass is 10.2. The molecular weight excluding hydrogens is 164 g/mol. The highest BCUT2D eigenvalue weighted by atomic mass is 32.2. The average molecular weight is 172 g/mol. The molecule has 0 saturated heterocycles. The van der Waals surface area contributed by atoms with Crippen LogP contribution in [-0.2, 0) is 13.0 Å². The normalized spacial score (nSPS) is 16.9. The van der Waals surface area contributed by atoms with Crippen molar-refractivity contribution in [2.24, 2.45) is 0 Å². The zero-order valence-corrected chi connectivity index (χ0v) is 7.13. The van der Waals surface area contributed by atoms with Gasteiger partial charge < -0.3 is 5.32 Å². The second kappa shape index (κ2) is 2.53. The molecule has 0 amide bonds. The number of nitrogens with one attached hydrogen (secondary N) is 1. The predicted molar refractivity (Wildman–Crippen MR) is 44.8 cm³/mol. The van der Waals surface area contributed by atoms with Crippen molar-refractivity contribution in [3.05, 3.63) is 10.6 Å². The molecule has 0 aliphatic carbocycles. The maximum atomic E-state index is 4.29. The number of hydrogen-bond acceptors (Lipinski definition) is 4. The van der Waals surface area contributed by atoms with Crippen molar-refractivity contribution in [1.82, 2.24) is 10.3 Å². The van der Waals surface area contributed by atoms with Crippen molar-refractivity contribution in [3.63, 3.8) is 0 Å². The van der Waals surface area contributed by atoms with Gasteiger partial charge in [0, 0.05) is 24.4 Å². The van der Waals surface area contributed by atoms with Crippen LogP contribution in [0, 0.1) is 0 Å². The van der Waals surface area contributed by atoms with Gasteiger partial charge in [0.25, 0.3) is 0 Å². The van der Waals surface area contributed by atoms with Gasteiger partial charge in [0.15, 0.2) is 0 Å². The Bertz CT molecular complexity index is 220. The molecular formula is C6H8N2S2. The van der Waals surface area contributed by atoms with Crippen molar-refractivity contribution in [3.8, 4) is 0 Å². The molecule has 0 atom stereocenters. The molecule has 1 N–H and O–H groups in total. The van der Waals surface area contributed by atoms with Gasteiger partial charge >= 0.3 is 0 Å². The first-order valence-corrected chi connectivity index (χ1v) is 4.51. The first-order valence-electron chi connectivity index (χ1n) is 3.24. The third kappa shape index (κ3) is 1.07. The highest BCUT2D eigenvalue weighted by Gasteiger charge is 2.12. The minimum Gasteiger partial charge on any atom is -0.311 e. The van der Waals surface area contributed by atoms with E-state index < -0.39 is 0 Å². The highest BCUT2D eigenvalue weighted by Crippen LogP contribution is 2.23. The summed E-state index contributed by atoms with van der Waals surface area (Å²) in [7, 11) is 0. The Labute approximate surface area is 69.1 Å². The van der Waals surface area contributed by atoms with E-state index in [4.69, 9.17) is 0 Å². The molecule has 0 unspecified atom stereocenters. The van der Waals surface area contributed by atoms with E-state index in [1.165, 1.54) is 10.6 Å². The number of thiol groups is 1. The summed E-state index contributed by atoms with van der Waals surface area (Å²) in [4.78, 5) is 5.65. The van der Waals surface area contributed by atoms with Crippen molar-refractivity contribution in [2.45, 2.75) is 17.3 Å². The zero-order valence-electron chi connectivity index (χ0n) is 5.42. The number of fused-ring (bicyclic) bond motifs is 1. The van der Waals surface area contributed by atoms with Crippen LogP contribution in [0.25, 0.3) is 0 Å². The molecule has 0 aromatic carbocycles. The van der Waals surface area contributed by atoms with Gasteiger partial charge in [-0.1, -0.05) is 0 Å². The third-order valence-electron chi connectivity index (χ3n) is 1.59. The van der Waals surface area contributed by atoms with E-state index in [0.29, 0.717) is 0 Å². The van der Waals surface area contributed by atoms with Crippen LogP contribution in [0.2, 0.25) is 0 Å². The zero-order chi connectivity index (χ0) is 6.97. The fourth-order valence-corrected chi connectivity index (χ4v) is 2.38. The third-order valence-corrected chi connectivity index (χ3v) is 2.87. The number of aromatic nitrogens is 1. The van der Waals surface area contributed by atoms with Gasteiger partial charge in [-0.2, -0.15) is 0 Å². The Morgan fingerprint density at radius 3 is 3.30 bits per heavy atom. The molecule has 1 aromatic rings. The van der Waals surface area contributed by atoms with Gasteiger partial charge in [-0.3, -0.25) is 0 Å². The Balaban J connectivity index is 2.41. The largest absolute Gasteiger partial charge is 0.311 e. The van der Waals surface area contributed by atoms with Gasteiger partial charge in [0.05, 0.1) is 5.69 Å². The first-order chi connectivity index (χ1) is 4.86. The van der Waals surface area contributed by atoms with E-state index in [0.717, 1.165) is 23.8 Å². The molecule has 0 bridgehead atoms. The van der Waals surface area contributed by atoms with Gasteiger partial charge in [-0.25, -0.2) is 4.98 Å². The molecule has 2 rings (SSSR count). The molecule has 4 heteroatoms. The molecule has 0 radical (unpaired) electrons. The first kappa shape index (κ1) is 6.64. The molecule has 1 aromatic heterocycles. The number of rotatable bonds is 0. The van der Waals surface area contributed by atoms with E-state index >= 15 is 0 Å². The van der Waals surface area contributed by atoms with Crippen LogP contribution in [0.4, 0.5) is 0 Å². The van der Waals surface area contributed by atoms with Gasteiger partial charge in [0.1, 0.15) is 4.34 Å². The number of hydrogen-bond donors (Lipinski definition) is 2. The van der Waals surface area contributed by atoms with Crippen molar-refractivity contribution >= 4 is 24.0 Å². The van der Waals surface area contributed by atoms with Crippen LogP contribution in [0.15, 0.2) is 4.34 Å². The quantitative estimate of drug-likeness (QED) is 0.572. The second-order valence-electron chi connectivity index (χ2n) is 2.29. The van der Waals surface area contributed by atoms with Crippen molar-refractivity contribution < 1.29 is 0 Å². The summed E-state index contributed by atoms with van der Waals surface area (Å²) in [6, 6.07) is 0. The molecule has 1 aliphatic rings. The Hall–Kier alpha value is -0.0600. The second-order valence-corrected chi connectivity index (χ2v) is 4.10. The van der Waals surface area contributed by atoms with Crippen molar-refractivity contribution in [1.29, 1.82) is 0 Å². The standard InChI is InChI=1S/C6H8N2S2/c9-6-8-4-1-2-7-3-5(4)10-6/h7H,1-3H2,(H,8,9). The van der Waals surface area contributed by atoms with Crippen LogP contribution in [0.3, 0.4) is 0 Å². The lowest BCUT2D eigenvalue weighted by Gasteiger charge is -2.09. The van der Waals surface area contributed by atoms with E-state index in [9.17, 15) is 0 Å². The summed E-state index contributed by atoms with van der Waals surface area (Å²) in [6.45, 7) is 2.04. The average Bonchev–Trinajstić information content (AvgIpc) is 2.27.